The molecular weight excluding hydrogens is 252 g/mol. The van der Waals surface area contributed by atoms with E-state index < -0.39 is 0 Å². The average Bonchev–Trinajstić information content (AvgIpc) is 2.81. The molecule has 1 N–H and O–H groups in total. The summed E-state index contributed by atoms with van der Waals surface area (Å²) >= 11 is 1.75. The molecule has 0 amide bonds. The second-order valence-corrected chi connectivity index (χ2v) is 6.23. The third-order valence-electron chi connectivity index (χ3n) is 3.25. The first-order valence-electron chi connectivity index (χ1n) is 6.81. The van der Waals surface area contributed by atoms with Crippen LogP contribution in [0.5, 0.6) is 0 Å². The van der Waals surface area contributed by atoms with Crippen LogP contribution in [-0.4, -0.2) is 17.6 Å². The van der Waals surface area contributed by atoms with E-state index in [0.717, 1.165) is 18.7 Å². The van der Waals surface area contributed by atoms with Gasteiger partial charge in [-0.3, -0.25) is 0 Å². The molecule has 1 aromatic heterocycles. The first kappa shape index (κ1) is 14.2. The van der Waals surface area contributed by atoms with Crippen molar-refractivity contribution in [2.24, 2.45) is 0 Å². The van der Waals surface area contributed by atoms with Crippen LogP contribution in [0.4, 0.5) is 0 Å². The van der Waals surface area contributed by atoms with Crippen molar-refractivity contribution in [3.05, 3.63) is 39.7 Å². The second-order valence-electron chi connectivity index (χ2n) is 5.28. The summed E-state index contributed by atoms with van der Waals surface area (Å²) in [5, 5.41) is 6.80. The van der Waals surface area contributed by atoms with Crippen molar-refractivity contribution in [2.75, 3.05) is 6.54 Å². The van der Waals surface area contributed by atoms with Crippen LogP contribution in [0.2, 0.25) is 0 Å². The molecule has 0 saturated carbocycles. The highest BCUT2D eigenvalue weighted by molar-refractivity contribution is 7.09. The van der Waals surface area contributed by atoms with E-state index in [-0.39, 0.29) is 0 Å². The Hall–Kier alpha value is -1.19. The first-order chi connectivity index (χ1) is 9.06. The molecule has 0 unspecified atom stereocenters. The molecule has 2 nitrogen and oxygen atoms in total. The van der Waals surface area contributed by atoms with Gasteiger partial charge in [0.2, 0.25) is 0 Å². The molecule has 2 rings (SSSR count). The van der Waals surface area contributed by atoms with Gasteiger partial charge in [-0.1, -0.05) is 26.0 Å². The van der Waals surface area contributed by atoms with Gasteiger partial charge in [0.15, 0.2) is 0 Å². The summed E-state index contributed by atoms with van der Waals surface area (Å²) in [6, 6.07) is 7.09. The van der Waals surface area contributed by atoms with Crippen molar-refractivity contribution in [1.29, 1.82) is 0 Å². The maximum atomic E-state index is 4.73. The Labute approximate surface area is 119 Å². The van der Waals surface area contributed by atoms with Crippen LogP contribution in [-0.2, 0) is 6.42 Å². The Bertz CT molecular complexity index is 543. The highest BCUT2D eigenvalue weighted by Crippen LogP contribution is 2.24. The third-order valence-corrected chi connectivity index (χ3v) is 4.15. The quantitative estimate of drug-likeness (QED) is 0.892. The molecule has 0 saturated heterocycles. The molecule has 0 fully saturated rings. The van der Waals surface area contributed by atoms with Crippen molar-refractivity contribution in [1.82, 2.24) is 10.3 Å². The van der Waals surface area contributed by atoms with E-state index in [0.29, 0.717) is 6.04 Å². The number of aromatic nitrogens is 1. The maximum Gasteiger partial charge on any atom is 0.0945 e. The molecule has 0 atom stereocenters. The predicted molar refractivity (Wildman–Crippen MR) is 83.9 cm³/mol. The molecule has 1 aromatic carbocycles. The average molecular weight is 274 g/mol. The first-order valence-corrected chi connectivity index (χ1v) is 7.69. The molecule has 0 spiro atoms. The van der Waals surface area contributed by atoms with Crippen LogP contribution in [0.15, 0.2) is 23.6 Å². The predicted octanol–water partition coefficient (Wildman–Crippen LogP) is 3.97. The molecule has 102 valence electrons. The van der Waals surface area contributed by atoms with E-state index >= 15 is 0 Å². The largest absolute Gasteiger partial charge is 0.314 e. The van der Waals surface area contributed by atoms with Crippen molar-refractivity contribution in [2.45, 2.75) is 40.2 Å². The van der Waals surface area contributed by atoms with Gasteiger partial charge in [0.1, 0.15) is 0 Å². The fourth-order valence-electron chi connectivity index (χ4n) is 1.93. The van der Waals surface area contributed by atoms with E-state index in [1.807, 2.05) is 0 Å². The number of rotatable bonds is 5. The topological polar surface area (TPSA) is 24.9 Å². The molecule has 3 heteroatoms. The normalized spacial score (nSPS) is 11.2. The summed E-state index contributed by atoms with van der Waals surface area (Å²) in [5.74, 6) is 0. The Kier molecular flexibility index (Phi) is 4.72. The fourth-order valence-corrected chi connectivity index (χ4v) is 2.73. The minimum atomic E-state index is 0.541. The molecule has 0 aliphatic rings. The molecule has 1 heterocycles. The smallest absolute Gasteiger partial charge is 0.0945 e. The number of benzene rings is 1. The lowest BCUT2D eigenvalue weighted by Gasteiger charge is -2.05. The van der Waals surface area contributed by atoms with Gasteiger partial charge < -0.3 is 5.32 Å². The highest BCUT2D eigenvalue weighted by Gasteiger charge is 2.05. The Morgan fingerprint density at radius 1 is 1.21 bits per heavy atom. The molecule has 0 bridgehead atoms. The van der Waals surface area contributed by atoms with Gasteiger partial charge in [0, 0.05) is 30.0 Å². The summed E-state index contributed by atoms with van der Waals surface area (Å²) in [7, 11) is 0. The lowest BCUT2D eigenvalue weighted by Crippen LogP contribution is -2.24. The van der Waals surface area contributed by atoms with Crippen LogP contribution >= 0.6 is 11.3 Å². The van der Waals surface area contributed by atoms with Crippen molar-refractivity contribution in [3.8, 4) is 11.3 Å². The number of aryl methyl sites for hydroxylation is 2. The van der Waals surface area contributed by atoms with Gasteiger partial charge in [-0.15, -0.1) is 11.3 Å². The van der Waals surface area contributed by atoms with Crippen molar-refractivity contribution < 1.29 is 0 Å². The van der Waals surface area contributed by atoms with E-state index in [9.17, 15) is 0 Å². The Balaban J connectivity index is 2.05. The number of thiazole rings is 1. The molecule has 0 radical (unpaired) electrons. The van der Waals surface area contributed by atoms with Crippen molar-refractivity contribution in [3.63, 3.8) is 0 Å². The summed E-state index contributed by atoms with van der Waals surface area (Å²) in [4.78, 5) is 4.73. The minimum absolute atomic E-state index is 0.541. The Morgan fingerprint density at radius 3 is 2.68 bits per heavy atom. The van der Waals surface area contributed by atoms with Gasteiger partial charge in [-0.25, -0.2) is 4.98 Å². The monoisotopic (exact) mass is 274 g/mol. The number of nitrogens with one attached hydrogen (secondary N) is 1. The lowest BCUT2D eigenvalue weighted by atomic mass is 10.1. The van der Waals surface area contributed by atoms with E-state index in [2.05, 4.69) is 56.6 Å². The zero-order valence-electron chi connectivity index (χ0n) is 12.2. The van der Waals surface area contributed by atoms with Crippen molar-refractivity contribution >= 4 is 11.3 Å². The van der Waals surface area contributed by atoms with Gasteiger partial charge >= 0.3 is 0 Å². The maximum absolute atomic E-state index is 4.73. The minimum Gasteiger partial charge on any atom is -0.314 e. The fraction of sp³-hybridized carbons (Fsp3) is 0.438. The second kappa shape index (κ2) is 6.31. The molecule has 19 heavy (non-hydrogen) atoms. The van der Waals surface area contributed by atoms with E-state index in [1.165, 1.54) is 21.7 Å². The third kappa shape index (κ3) is 3.88. The van der Waals surface area contributed by atoms with Gasteiger partial charge in [-0.05, 0) is 31.0 Å². The van der Waals surface area contributed by atoms with Crippen LogP contribution in [0.3, 0.4) is 0 Å². The number of hydrogen-bond donors (Lipinski definition) is 1. The standard InChI is InChI=1S/C16H22N2S/c1-11(2)17-8-7-16-18-15(10-19-16)14-6-5-12(3)13(4)9-14/h5-6,9-11,17H,7-8H2,1-4H3. The Morgan fingerprint density at radius 2 is 2.00 bits per heavy atom. The summed E-state index contributed by atoms with van der Waals surface area (Å²) in [6.45, 7) is 9.63. The van der Waals surface area contributed by atoms with E-state index in [4.69, 9.17) is 4.98 Å². The zero-order valence-corrected chi connectivity index (χ0v) is 13.0. The van der Waals surface area contributed by atoms with Crippen LogP contribution in [0.25, 0.3) is 11.3 Å². The van der Waals surface area contributed by atoms with Crippen LogP contribution in [0, 0.1) is 13.8 Å². The van der Waals surface area contributed by atoms with Gasteiger partial charge in [-0.2, -0.15) is 0 Å². The molecule has 0 aliphatic carbocycles. The summed E-state index contributed by atoms with van der Waals surface area (Å²) in [5.41, 5.74) is 4.99. The zero-order chi connectivity index (χ0) is 13.8. The van der Waals surface area contributed by atoms with E-state index in [1.54, 1.807) is 11.3 Å². The van der Waals surface area contributed by atoms with Crippen LogP contribution in [0.1, 0.15) is 30.0 Å². The molecular formula is C16H22N2S. The number of hydrogen-bond acceptors (Lipinski definition) is 3. The lowest BCUT2D eigenvalue weighted by molar-refractivity contribution is 0.590. The van der Waals surface area contributed by atoms with Crippen LogP contribution < -0.4 is 5.32 Å². The molecule has 2 aromatic rings. The SMILES string of the molecule is Cc1ccc(-c2csc(CCNC(C)C)n2)cc1C. The van der Waals surface area contributed by atoms with Gasteiger partial charge in [0.25, 0.3) is 0 Å². The molecule has 0 aliphatic heterocycles. The van der Waals surface area contributed by atoms with Gasteiger partial charge in [0.05, 0.1) is 10.7 Å². The summed E-state index contributed by atoms with van der Waals surface area (Å²) < 4.78 is 0. The number of nitrogens with zero attached hydrogens (tertiary/aromatic N) is 1. The highest BCUT2D eigenvalue weighted by atomic mass is 32.1. The summed E-state index contributed by atoms with van der Waals surface area (Å²) in [6.07, 6.45) is 1.01.